The minimum atomic E-state index is -0.303. The van der Waals surface area contributed by atoms with E-state index >= 15 is 0 Å². The zero-order chi connectivity index (χ0) is 20.5. The zero-order valence-corrected chi connectivity index (χ0v) is 18.1. The lowest BCUT2D eigenvalue weighted by Gasteiger charge is -2.15. The Morgan fingerprint density at radius 2 is 1.79 bits per heavy atom. The summed E-state index contributed by atoms with van der Waals surface area (Å²) in [7, 11) is 3.17. The van der Waals surface area contributed by atoms with Gasteiger partial charge in [0.1, 0.15) is 0 Å². The van der Waals surface area contributed by atoms with Crippen LogP contribution >= 0.6 is 35.6 Å². The fourth-order valence-electron chi connectivity index (χ4n) is 2.21. The van der Waals surface area contributed by atoms with E-state index in [1.54, 1.807) is 26.4 Å². The molecule has 2 aromatic carbocycles. The van der Waals surface area contributed by atoms with Gasteiger partial charge in [-0.05, 0) is 61.1 Å². The van der Waals surface area contributed by atoms with E-state index in [1.807, 2.05) is 37.3 Å². The molecule has 0 saturated heterocycles. The second kappa shape index (κ2) is 11.0. The van der Waals surface area contributed by atoms with Crippen LogP contribution in [0.2, 0.25) is 5.02 Å². The first-order valence-corrected chi connectivity index (χ1v) is 10.1. The minimum Gasteiger partial charge on any atom is -0.493 e. The lowest BCUT2D eigenvalue weighted by molar-refractivity contribution is -0.120. The van der Waals surface area contributed by atoms with Crippen molar-refractivity contribution in [3.8, 4) is 11.5 Å². The van der Waals surface area contributed by atoms with Crippen LogP contribution in [0.1, 0.15) is 12.5 Å². The summed E-state index contributed by atoms with van der Waals surface area (Å²) in [5, 5.41) is 3.70. The third-order valence-corrected chi connectivity index (χ3v) is 5.31. The number of hydrogen-bond donors (Lipinski definition) is 3. The number of methoxy groups -OCH3 is 2. The number of carbonyl (C=O) groups excluding carboxylic acids is 1. The van der Waals surface area contributed by atoms with Crippen LogP contribution in [0.15, 0.2) is 47.4 Å². The van der Waals surface area contributed by atoms with Crippen LogP contribution in [-0.4, -0.2) is 30.5 Å². The van der Waals surface area contributed by atoms with Crippen molar-refractivity contribution in [3.63, 3.8) is 0 Å². The summed E-state index contributed by atoms with van der Waals surface area (Å²) in [5.74, 6) is 1.11. The van der Waals surface area contributed by atoms with Gasteiger partial charge in [-0.15, -0.1) is 11.8 Å². The number of halogens is 1. The maximum absolute atomic E-state index is 12.2. The fraction of sp³-hybridized carbons (Fsp3) is 0.263. The van der Waals surface area contributed by atoms with Crippen molar-refractivity contribution in [3.05, 3.63) is 53.1 Å². The highest BCUT2D eigenvalue weighted by Crippen LogP contribution is 2.27. The first kappa shape index (κ1) is 22.1. The van der Waals surface area contributed by atoms with E-state index in [2.05, 4.69) is 16.2 Å². The maximum Gasteiger partial charge on any atom is 0.251 e. The van der Waals surface area contributed by atoms with Crippen molar-refractivity contribution in [2.45, 2.75) is 23.6 Å². The summed E-state index contributed by atoms with van der Waals surface area (Å²) < 4.78 is 10.5. The van der Waals surface area contributed by atoms with Gasteiger partial charge in [0.2, 0.25) is 0 Å². The summed E-state index contributed by atoms with van der Waals surface area (Å²) in [4.78, 5) is 13.2. The molecule has 150 valence electrons. The van der Waals surface area contributed by atoms with Crippen LogP contribution in [0.3, 0.4) is 0 Å². The lowest BCUT2D eigenvalue weighted by Crippen LogP contribution is -2.48. The molecule has 0 bridgehead atoms. The smallest absolute Gasteiger partial charge is 0.251 e. The minimum absolute atomic E-state index is 0.185. The Bertz CT molecular complexity index is 819. The van der Waals surface area contributed by atoms with E-state index < -0.39 is 0 Å². The van der Waals surface area contributed by atoms with E-state index in [9.17, 15) is 4.79 Å². The number of thioether (sulfide) groups is 1. The molecule has 2 rings (SSSR count). The molecule has 9 heteroatoms. The molecule has 0 unspecified atom stereocenters. The average Bonchev–Trinajstić information content (AvgIpc) is 2.71. The van der Waals surface area contributed by atoms with E-state index in [1.165, 1.54) is 11.8 Å². The molecule has 1 atom stereocenters. The van der Waals surface area contributed by atoms with E-state index in [-0.39, 0.29) is 11.2 Å². The molecule has 6 nitrogen and oxygen atoms in total. The van der Waals surface area contributed by atoms with Crippen molar-refractivity contribution in [2.75, 3.05) is 14.2 Å². The highest BCUT2D eigenvalue weighted by atomic mass is 35.5. The summed E-state index contributed by atoms with van der Waals surface area (Å²) in [6.45, 7) is 2.29. The molecule has 0 aliphatic heterocycles. The first-order chi connectivity index (χ1) is 13.4. The van der Waals surface area contributed by atoms with Gasteiger partial charge in [-0.3, -0.25) is 15.6 Å². The third kappa shape index (κ3) is 6.78. The molecule has 0 heterocycles. The molecule has 0 aliphatic carbocycles. The van der Waals surface area contributed by atoms with Crippen LogP contribution in [0.4, 0.5) is 0 Å². The number of benzene rings is 2. The van der Waals surface area contributed by atoms with Crippen molar-refractivity contribution in [1.29, 1.82) is 0 Å². The summed E-state index contributed by atoms with van der Waals surface area (Å²) in [6.07, 6.45) is 0. The monoisotopic (exact) mass is 439 g/mol. The largest absolute Gasteiger partial charge is 0.493 e. The van der Waals surface area contributed by atoms with Crippen LogP contribution in [0.5, 0.6) is 11.5 Å². The molecule has 28 heavy (non-hydrogen) atoms. The number of hydrazine groups is 1. The van der Waals surface area contributed by atoms with Gasteiger partial charge in [-0.1, -0.05) is 17.7 Å². The van der Waals surface area contributed by atoms with Gasteiger partial charge < -0.3 is 14.8 Å². The Labute approximate surface area is 179 Å². The maximum atomic E-state index is 12.2. The Kier molecular flexibility index (Phi) is 8.69. The first-order valence-electron chi connectivity index (χ1n) is 8.39. The molecule has 0 aromatic heterocycles. The second-order valence-electron chi connectivity index (χ2n) is 5.70. The molecule has 2 aromatic rings. The number of thiocarbonyl (C=S) groups is 1. The number of rotatable bonds is 7. The molecular formula is C19H22ClN3O3S2. The topological polar surface area (TPSA) is 71.6 Å². The number of ether oxygens (including phenoxy) is 2. The van der Waals surface area contributed by atoms with Crippen molar-refractivity contribution in [1.82, 2.24) is 16.2 Å². The Morgan fingerprint density at radius 3 is 2.43 bits per heavy atom. The quantitative estimate of drug-likeness (QED) is 0.346. The van der Waals surface area contributed by atoms with Gasteiger partial charge in [0, 0.05) is 16.5 Å². The van der Waals surface area contributed by atoms with Crippen molar-refractivity contribution in [2.24, 2.45) is 0 Å². The normalized spacial score (nSPS) is 11.3. The number of carbonyl (C=O) groups is 1. The van der Waals surface area contributed by atoms with Crippen molar-refractivity contribution < 1.29 is 14.3 Å². The summed E-state index contributed by atoms with van der Waals surface area (Å²) in [6, 6.07) is 12.9. The predicted molar refractivity (Wildman–Crippen MR) is 117 cm³/mol. The van der Waals surface area contributed by atoms with E-state index in [4.69, 9.17) is 33.3 Å². The van der Waals surface area contributed by atoms with Crippen LogP contribution in [-0.2, 0) is 11.3 Å². The SMILES string of the molecule is COc1ccc(CNC(=S)NNC(=O)[C@@H](C)Sc2ccc(Cl)cc2)cc1OC. The third-order valence-electron chi connectivity index (χ3n) is 3.70. The predicted octanol–water partition coefficient (Wildman–Crippen LogP) is 3.53. The van der Waals surface area contributed by atoms with Crippen LogP contribution in [0, 0.1) is 0 Å². The highest BCUT2D eigenvalue weighted by molar-refractivity contribution is 8.00. The molecule has 3 N–H and O–H groups in total. The Hall–Kier alpha value is -2.16. The van der Waals surface area contributed by atoms with Crippen molar-refractivity contribution >= 4 is 46.6 Å². The fourth-order valence-corrected chi connectivity index (χ4v) is 3.32. The molecule has 0 aliphatic rings. The molecule has 0 radical (unpaired) electrons. The standard InChI is InChI=1S/C19H22ClN3O3S2/c1-12(28-15-7-5-14(20)6-8-15)18(24)22-23-19(27)21-11-13-4-9-16(25-2)17(10-13)26-3/h4-10,12H,11H2,1-3H3,(H,22,24)(H2,21,23,27)/t12-/m1/s1. The zero-order valence-electron chi connectivity index (χ0n) is 15.7. The van der Waals surface area contributed by atoms with Gasteiger partial charge in [-0.25, -0.2) is 0 Å². The van der Waals surface area contributed by atoms with Crippen LogP contribution in [0.25, 0.3) is 0 Å². The summed E-state index contributed by atoms with van der Waals surface area (Å²) >= 11 is 12.5. The molecular weight excluding hydrogens is 418 g/mol. The molecule has 0 saturated carbocycles. The number of nitrogens with one attached hydrogen (secondary N) is 3. The Balaban J connectivity index is 1.77. The molecule has 0 fully saturated rings. The van der Waals surface area contributed by atoms with Gasteiger partial charge in [-0.2, -0.15) is 0 Å². The van der Waals surface area contributed by atoms with Gasteiger partial charge in [0.25, 0.3) is 5.91 Å². The average molecular weight is 440 g/mol. The lowest BCUT2D eigenvalue weighted by atomic mass is 10.2. The Morgan fingerprint density at radius 1 is 1.11 bits per heavy atom. The van der Waals surface area contributed by atoms with Gasteiger partial charge in [0.15, 0.2) is 16.6 Å². The van der Waals surface area contributed by atoms with Gasteiger partial charge >= 0.3 is 0 Å². The van der Waals surface area contributed by atoms with E-state index in [0.29, 0.717) is 28.2 Å². The summed E-state index contributed by atoms with van der Waals surface area (Å²) in [5.41, 5.74) is 6.27. The number of hydrogen-bond acceptors (Lipinski definition) is 5. The van der Waals surface area contributed by atoms with Crippen LogP contribution < -0.4 is 25.6 Å². The van der Waals surface area contributed by atoms with Gasteiger partial charge in [0.05, 0.1) is 19.5 Å². The molecule has 0 spiro atoms. The number of amides is 1. The highest BCUT2D eigenvalue weighted by Gasteiger charge is 2.14. The second-order valence-corrected chi connectivity index (χ2v) is 7.96. The van der Waals surface area contributed by atoms with E-state index in [0.717, 1.165) is 10.5 Å². The molecule has 1 amide bonds.